The lowest BCUT2D eigenvalue weighted by atomic mass is 10.0. The van der Waals surface area contributed by atoms with Crippen molar-refractivity contribution in [2.24, 2.45) is 0 Å². The molecule has 0 aliphatic heterocycles. The molecule has 4 rings (SSSR count). The van der Waals surface area contributed by atoms with Crippen molar-refractivity contribution in [3.05, 3.63) is 54.9 Å². The number of hydrogen-bond donors (Lipinski definition) is 2. The van der Waals surface area contributed by atoms with Crippen molar-refractivity contribution in [2.45, 2.75) is 12.1 Å². The first-order valence-corrected chi connectivity index (χ1v) is 11.5. The first-order valence-electron chi connectivity index (χ1n) is 9.07. The largest absolute Gasteiger partial charge is 0.396 e. The van der Waals surface area contributed by atoms with Crippen molar-refractivity contribution >= 4 is 26.7 Å². The number of fused-ring (bicyclic) bond motifs is 1. The zero-order valence-electron chi connectivity index (χ0n) is 16.1. The molecule has 0 fully saturated rings. The van der Waals surface area contributed by atoms with Crippen molar-refractivity contribution in [1.82, 2.24) is 29.7 Å². The maximum absolute atomic E-state index is 13.5. The Bertz CT molecular complexity index is 1280. The third-order valence-corrected chi connectivity index (χ3v) is 6.32. The number of imidazole rings is 1. The molecular formula is C19H17F3N6O2S. The number of hydrogen-bond acceptors (Lipinski definition) is 6. The Balaban J connectivity index is 1.63. The van der Waals surface area contributed by atoms with Crippen LogP contribution < -0.4 is 0 Å². The Morgan fingerprint density at radius 1 is 1.19 bits per heavy atom. The molecule has 1 atom stereocenters. The van der Waals surface area contributed by atoms with Gasteiger partial charge >= 0.3 is 6.18 Å². The molecule has 0 radical (unpaired) electrons. The predicted molar refractivity (Wildman–Crippen MR) is 110 cm³/mol. The molecule has 0 aromatic carbocycles. The number of rotatable bonds is 6. The summed E-state index contributed by atoms with van der Waals surface area (Å²) in [6, 6.07) is 4.43. The van der Waals surface area contributed by atoms with Gasteiger partial charge in [-0.2, -0.15) is 18.3 Å². The van der Waals surface area contributed by atoms with Crippen LogP contribution in [0.15, 0.2) is 49.3 Å². The van der Waals surface area contributed by atoms with E-state index >= 15 is 0 Å². The van der Waals surface area contributed by atoms with Gasteiger partial charge < -0.3 is 4.98 Å². The van der Waals surface area contributed by atoms with Crippen LogP contribution in [0.3, 0.4) is 0 Å². The van der Waals surface area contributed by atoms with Crippen molar-refractivity contribution in [2.75, 3.05) is 12.0 Å². The van der Waals surface area contributed by atoms with Gasteiger partial charge in [0.15, 0.2) is 17.1 Å². The smallest absolute Gasteiger partial charge is 0.329 e. The summed E-state index contributed by atoms with van der Waals surface area (Å²) in [5, 5.41) is 4.23. The van der Waals surface area contributed by atoms with Gasteiger partial charge in [0.2, 0.25) is 0 Å². The van der Waals surface area contributed by atoms with E-state index in [-0.39, 0.29) is 11.2 Å². The quantitative estimate of drug-likeness (QED) is 0.346. The molecule has 31 heavy (non-hydrogen) atoms. The molecule has 0 aliphatic carbocycles. The van der Waals surface area contributed by atoms with Crippen LogP contribution in [0.5, 0.6) is 0 Å². The normalized spacial score (nSPS) is 13.9. The Hall–Kier alpha value is -3.41. The lowest BCUT2D eigenvalue weighted by Crippen LogP contribution is -2.31. The molecule has 0 amide bonds. The molecule has 0 aliphatic rings. The first-order chi connectivity index (χ1) is 14.7. The zero-order chi connectivity index (χ0) is 22.2. The minimum absolute atomic E-state index is 0.105. The molecule has 8 nitrogen and oxygen atoms in total. The number of aromatic amines is 1. The molecule has 0 bridgehead atoms. The monoisotopic (exact) mass is 450 g/mol. The van der Waals surface area contributed by atoms with Gasteiger partial charge in [-0.25, -0.2) is 19.6 Å². The molecule has 162 valence electrons. The highest BCUT2D eigenvalue weighted by atomic mass is 32.2. The standard InChI is InChI=1S/C19H17F3N6O2S/c1-31(30,11-29)9-15(19(20,21)22)12-2-3-16(24-6-12)28-8-13(7-27-28)14-4-5-23-18-17(14)25-10-26-18/h2-8,10-11,15,31H,9H2,1H3,(H,23,25,26). The van der Waals surface area contributed by atoms with E-state index in [4.69, 9.17) is 0 Å². The second-order valence-electron chi connectivity index (χ2n) is 7.14. The van der Waals surface area contributed by atoms with Gasteiger partial charge in [-0.1, -0.05) is 16.0 Å². The number of aromatic nitrogens is 6. The average molecular weight is 450 g/mol. The number of alkyl halides is 3. The van der Waals surface area contributed by atoms with E-state index in [1.807, 2.05) is 0 Å². The first kappa shape index (κ1) is 20.8. The fourth-order valence-corrected chi connectivity index (χ4v) is 4.44. The van der Waals surface area contributed by atoms with Crippen LogP contribution in [0.1, 0.15) is 11.5 Å². The molecular weight excluding hydrogens is 433 g/mol. The van der Waals surface area contributed by atoms with Crippen LogP contribution in [0.25, 0.3) is 28.1 Å². The van der Waals surface area contributed by atoms with Gasteiger partial charge in [0, 0.05) is 35.5 Å². The molecule has 4 aromatic heterocycles. The van der Waals surface area contributed by atoms with Crippen LogP contribution >= 0.6 is 0 Å². The lowest BCUT2D eigenvalue weighted by molar-refractivity contribution is -0.145. The summed E-state index contributed by atoms with van der Waals surface area (Å²) in [7, 11) is -3.57. The number of nitrogens with zero attached hydrogens (tertiary/aromatic N) is 5. The number of pyridine rings is 2. The minimum Gasteiger partial charge on any atom is -0.329 e. The van der Waals surface area contributed by atoms with Crippen molar-refractivity contribution < 1.29 is 22.2 Å². The molecule has 0 spiro atoms. The average Bonchev–Trinajstić information content (AvgIpc) is 3.41. The maximum Gasteiger partial charge on any atom is 0.396 e. The Kier molecular flexibility index (Phi) is 5.17. The summed E-state index contributed by atoms with van der Waals surface area (Å²) >= 11 is 0. The van der Waals surface area contributed by atoms with Gasteiger partial charge in [-0.3, -0.25) is 9.00 Å². The summed E-state index contributed by atoms with van der Waals surface area (Å²) in [5.41, 5.74) is 2.75. The highest BCUT2D eigenvalue weighted by Crippen LogP contribution is 2.36. The van der Waals surface area contributed by atoms with Crippen LogP contribution in [0.2, 0.25) is 0 Å². The SMILES string of the molecule is C[SH](=O)(C=O)CC(c1ccc(-n2cc(-c3ccnc4[nH]cnc34)cn2)nc1)C(F)(F)F. The molecule has 4 aromatic rings. The number of thiol groups is 1. The van der Waals surface area contributed by atoms with Crippen molar-refractivity contribution in [3.8, 4) is 16.9 Å². The van der Waals surface area contributed by atoms with Gasteiger partial charge in [-0.15, -0.1) is 0 Å². The van der Waals surface area contributed by atoms with Crippen LogP contribution in [-0.2, 0) is 14.7 Å². The number of H-pyrrole nitrogens is 1. The number of halogens is 3. The molecule has 1 unspecified atom stereocenters. The topological polar surface area (TPSA) is 106 Å². The van der Waals surface area contributed by atoms with Crippen molar-refractivity contribution in [3.63, 3.8) is 0 Å². The fourth-order valence-electron chi connectivity index (χ4n) is 3.21. The Labute approximate surface area is 175 Å². The summed E-state index contributed by atoms with van der Waals surface area (Å²) in [6.45, 7) is 0. The van der Waals surface area contributed by atoms with E-state index in [1.54, 1.807) is 24.7 Å². The Morgan fingerprint density at radius 3 is 2.68 bits per heavy atom. The van der Waals surface area contributed by atoms with E-state index in [0.717, 1.165) is 23.6 Å². The van der Waals surface area contributed by atoms with Crippen molar-refractivity contribution in [1.29, 1.82) is 0 Å². The van der Waals surface area contributed by atoms with E-state index in [9.17, 15) is 22.2 Å². The van der Waals surface area contributed by atoms with Gasteiger partial charge in [0.05, 0.1) is 18.4 Å². The molecule has 1 N–H and O–H groups in total. The summed E-state index contributed by atoms with van der Waals surface area (Å²) in [5.74, 6) is -2.54. The Morgan fingerprint density at radius 2 is 2.00 bits per heavy atom. The number of nitrogens with one attached hydrogen (secondary N) is 1. The van der Waals surface area contributed by atoms with Gasteiger partial charge in [-0.05, 0) is 24.0 Å². The van der Waals surface area contributed by atoms with Crippen LogP contribution in [0.4, 0.5) is 13.2 Å². The number of carbonyl (C=O) groups excluding carboxylic acids is 1. The summed E-state index contributed by atoms with van der Waals surface area (Å²) in [4.78, 5) is 26.3. The zero-order valence-corrected chi connectivity index (χ0v) is 17.0. The molecule has 0 saturated carbocycles. The molecule has 12 heteroatoms. The summed E-state index contributed by atoms with van der Waals surface area (Å²) in [6.07, 6.45) is 3.88. The van der Waals surface area contributed by atoms with Gasteiger partial charge in [0.1, 0.15) is 5.52 Å². The van der Waals surface area contributed by atoms with Crippen LogP contribution in [0, 0.1) is 0 Å². The highest BCUT2D eigenvalue weighted by molar-refractivity contribution is 8.14. The third-order valence-electron chi connectivity index (χ3n) is 4.78. The van der Waals surface area contributed by atoms with Gasteiger partial charge in [0.25, 0.3) is 0 Å². The van der Waals surface area contributed by atoms with E-state index in [2.05, 4.69) is 25.0 Å². The van der Waals surface area contributed by atoms with E-state index in [1.165, 1.54) is 23.1 Å². The third kappa shape index (κ3) is 4.24. The highest BCUT2D eigenvalue weighted by Gasteiger charge is 2.42. The maximum atomic E-state index is 13.5. The predicted octanol–water partition coefficient (Wildman–Crippen LogP) is 2.69. The second-order valence-corrected chi connectivity index (χ2v) is 10.1. The minimum atomic E-state index is -4.66. The van der Waals surface area contributed by atoms with E-state index in [0.29, 0.717) is 17.0 Å². The van der Waals surface area contributed by atoms with Crippen LogP contribution in [-0.4, -0.2) is 57.7 Å². The number of carbonyl (C=O) groups is 1. The molecule has 0 saturated heterocycles. The van der Waals surface area contributed by atoms with E-state index < -0.39 is 27.8 Å². The molecule has 4 heterocycles. The second kappa shape index (κ2) is 7.69. The lowest BCUT2D eigenvalue weighted by Gasteiger charge is -2.23. The fraction of sp³-hybridized carbons (Fsp3) is 0.211. The summed E-state index contributed by atoms with van der Waals surface area (Å²) < 4.78 is 53.9.